The minimum absolute atomic E-state index is 0.194. The predicted molar refractivity (Wildman–Crippen MR) is 140 cm³/mol. The van der Waals surface area contributed by atoms with E-state index >= 15 is 0 Å². The Labute approximate surface area is 220 Å². The third-order valence-corrected chi connectivity index (χ3v) is 5.43. The van der Waals surface area contributed by atoms with Gasteiger partial charge in [-0.25, -0.2) is 4.79 Å². The molecule has 3 aromatic rings. The maximum Gasteiger partial charge on any atom is 0.337 e. The lowest BCUT2D eigenvalue weighted by molar-refractivity contribution is -0.118. The Balaban J connectivity index is 1.72. The number of methoxy groups -OCH3 is 1. The van der Waals surface area contributed by atoms with Crippen LogP contribution in [0.5, 0.6) is 5.75 Å². The molecule has 0 bridgehead atoms. The second-order valence-electron chi connectivity index (χ2n) is 7.22. The van der Waals surface area contributed by atoms with E-state index in [1.54, 1.807) is 42.5 Å². The number of nitriles is 1. The van der Waals surface area contributed by atoms with Gasteiger partial charge in [0.15, 0.2) is 6.61 Å². The third kappa shape index (κ3) is 7.43. The van der Waals surface area contributed by atoms with Gasteiger partial charge in [0, 0.05) is 26.4 Å². The first kappa shape index (κ1) is 26.5. The molecule has 0 aromatic heterocycles. The van der Waals surface area contributed by atoms with Gasteiger partial charge in [0.25, 0.3) is 11.8 Å². The lowest BCUT2D eigenvalue weighted by Crippen LogP contribution is -2.20. The summed E-state index contributed by atoms with van der Waals surface area (Å²) >= 11 is 9.21. The molecule has 2 amide bonds. The molecule has 3 aromatic carbocycles. The molecule has 0 saturated carbocycles. The molecule has 36 heavy (non-hydrogen) atoms. The Bertz CT molecular complexity index is 1350. The van der Waals surface area contributed by atoms with E-state index < -0.39 is 17.8 Å². The zero-order valence-electron chi connectivity index (χ0n) is 18.9. The van der Waals surface area contributed by atoms with Gasteiger partial charge in [-0.15, -0.1) is 0 Å². The van der Waals surface area contributed by atoms with Gasteiger partial charge in [-0.3, -0.25) is 9.59 Å². The summed E-state index contributed by atoms with van der Waals surface area (Å²) in [7, 11) is 1.27. The number of nitrogens with zero attached hydrogens (tertiary/aromatic N) is 1. The Morgan fingerprint density at radius 3 is 2.28 bits per heavy atom. The van der Waals surface area contributed by atoms with Crippen molar-refractivity contribution < 1.29 is 23.9 Å². The molecule has 3 rings (SSSR count). The van der Waals surface area contributed by atoms with Crippen molar-refractivity contribution in [1.29, 1.82) is 5.26 Å². The topological polar surface area (TPSA) is 118 Å². The molecular weight excluding hydrogens is 550 g/mol. The molecule has 0 aliphatic heterocycles. The Morgan fingerprint density at radius 2 is 1.64 bits per heavy atom. The van der Waals surface area contributed by atoms with E-state index in [1.807, 2.05) is 6.07 Å². The molecule has 0 radical (unpaired) electrons. The summed E-state index contributed by atoms with van der Waals surface area (Å²) in [6, 6.07) is 19.5. The number of carbonyl (C=O) groups is 3. The fourth-order valence-corrected chi connectivity index (χ4v) is 3.45. The first-order valence-corrected chi connectivity index (χ1v) is 11.6. The number of benzene rings is 3. The summed E-state index contributed by atoms with van der Waals surface area (Å²) in [6.07, 6.45) is 1.36. The smallest absolute Gasteiger partial charge is 0.337 e. The van der Waals surface area contributed by atoms with Crippen molar-refractivity contribution in [3.05, 3.63) is 92.9 Å². The molecule has 0 spiro atoms. The van der Waals surface area contributed by atoms with Crippen molar-refractivity contribution in [2.75, 3.05) is 24.4 Å². The van der Waals surface area contributed by atoms with Crippen molar-refractivity contribution in [2.24, 2.45) is 0 Å². The highest BCUT2D eigenvalue weighted by atomic mass is 79.9. The predicted octanol–water partition coefficient (Wildman–Crippen LogP) is 5.45. The first-order chi connectivity index (χ1) is 17.3. The van der Waals surface area contributed by atoms with Gasteiger partial charge in [-0.05, 0) is 72.8 Å². The average Bonchev–Trinajstić information content (AvgIpc) is 2.88. The largest absolute Gasteiger partial charge is 0.483 e. The maximum absolute atomic E-state index is 12.7. The number of rotatable bonds is 8. The quantitative estimate of drug-likeness (QED) is 0.212. The number of anilines is 2. The highest BCUT2D eigenvalue weighted by Gasteiger charge is 2.14. The van der Waals surface area contributed by atoms with Crippen LogP contribution in [0.15, 0.2) is 76.8 Å². The van der Waals surface area contributed by atoms with Gasteiger partial charge in [0.05, 0.1) is 12.7 Å². The SMILES string of the molecule is COC(=O)c1ccc(NC(=O)/C(C#N)=C/c2cc(Br)ccc2OCC(=O)Nc2ccc(Cl)cc2)cc1. The van der Waals surface area contributed by atoms with Crippen molar-refractivity contribution >= 4 is 62.8 Å². The van der Waals surface area contributed by atoms with Gasteiger partial charge in [-0.2, -0.15) is 5.26 Å². The minimum Gasteiger partial charge on any atom is -0.483 e. The zero-order chi connectivity index (χ0) is 26.1. The molecule has 0 aliphatic rings. The summed E-state index contributed by atoms with van der Waals surface area (Å²) in [5.41, 5.74) is 1.49. The minimum atomic E-state index is -0.658. The molecule has 0 unspecified atom stereocenters. The number of hydrogen-bond donors (Lipinski definition) is 2. The van der Waals surface area contributed by atoms with E-state index in [-0.39, 0.29) is 12.2 Å². The van der Waals surface area contributed by atoms with E-state index in [0.29, 0.717) is 37.7 Å². The van der Waals surface area contributed by atoms with Crippen molar-refractivity contribution in [3.63, 3.8) is 0 Å². The summed E-state index contributed by atoms with van der Waals surface area (Å²) in [5, 5.41) is 15.4. The van der Waals surface area contributed by atoms with Crippen molar-refractivity contribution in [2.45, 2.75) is 0 Å². The summed E-state index contributed by atoms with van der Waals surface area (Å²) in [4.78, 5) is 36.5. The lowest BCUT2D eigenvalue weighted by Gasteiger charge is -2.11. The third-order valence-electron chi connectivity index (χ3n) is 4.69. The zero-order valence-corrected chi connectivity index (χ0v) is 21.2. The van der Waals surface area contributed by atoms with Crippen LogP contribution in [0.25, 0.3) is 6.08 Å². The second kappa shape index (κ2) is 12.5. The standard InChI is InChI=1S/C26H19BrClN3O5/c1-35-26(34)16-2-7-22(8-3-16)31-25(33)18(14-29)12-17-13-19(27)4-11-23(17)36-15-24(32)30-21-9-5-20(28)6-10-21/h2-13H,15H2,1H3,(H,30,32)(H,31,33)/b18-12+. The lowest BCUT2D eigenvalue weighted by atomic mass is 10.1. The van der Waals surface area contributed by atoms with Crippen LogP contribution >= 0.6 is 27.5 Å². The van der Waals surface area contributed by atoms with E-state index in [1.165, 1.54) is 37.5 Å². The fourth-order valence-electron chi connectivity index (χ4n) is 2.95. The molecule has 182 valence electrons. The molecule has 0 atom stereocenters. The molecule has 8 nitrogen and oxygen atoms in total. The van der Waals surface area contributed by atoms with Crippen LogP contribution < -0.4 is 15.4 Å². The van der Waals surface area contributed by atoms with Crippen LogP contribution in [0.1, 0.15) is 15.9 Å². The Kier molecular flexibility index (Phi) is 9.22. The maximum atomic E-state index is 12.7. The molecular formula is C26H19BrClN3O5. The van der Waals surface area contributed by atoms with Crippen LogP contribution in [-0.4, -0.2) is 31.5 Å². The van der Waals surface area contributed by atoms with Gasteiger partial charge in [0.2, 0.25) is 0 Å². The van der Waals surface area contributed by atoms with Crippen LogP contribution in [0.4, 0.5) is 11.4 Å². The average molecular weight is 569 g/mol. The van der Waals surface area contributed by atoms with Crippen LogP contribution in [0, 0.1) is 11.3 Å². The number of carbonyl (C=O) groups excluding carboxylic acids is 3. The van der Waals surface area contributed by atoms with E-state index in [2.05, 4.69) is 31.3 Å². The fraction of sp³-hybridized carbons (Fsp3) is 0.0769. The van der Waals surface area contributed by atoms with E-state index in [0.717, 1.165) is 0 Å². The molecule has 0 saturated heterocycles. The van der Waals surface area contributed by atoms with E-state index in [9.17, 15) is 19.6 Å². The Morgan fingerprint density at radius 1 is 1.00 bits per heavy atom. The number of esters is 1. The second-order valence-corrected chi connectivity index (χ2v) is 8.57. The van der Waals surface area contributed by atoms with Gasteiger partial charge < -0.3 is 20.1 Å². The van der Waals surface area contributed by atoms with Crippen LogP contribution in [0.3, 0.4) is 0 Å². The number of hydrogen-bond acceptors (Lipinski definition) is 6. The summed E-state index contributed by atoms with van der Waals surface area (Å²) in [5.74, 6) is -1.26. The molecule has 0 fully saturated rings. The molecule has 0 heterocycles. The summed E-state index contributed by atoms with van der Waals surface area (Å²) < 4.78 is 11.0. The Hall–Kier alpha value is -4.13. The molecule has 0 aliphatic carbocycles. The monoisotopic (exact) mass is 567 g/mol. The van der Waals surface area contributed by atoms with Gasteiger partial charge in [0.1, 0.15) is 17.4 Å². The molecule has 2 N–H and O–H groups in total. The number of nitrogens with one attached hydrogen (secondary N) is 2. The van der Waals surface area contributed by atoms with Crippen LogP contribution in [0.2, 0.25) is 5.02 Å². The normalized spacial score (nSPS) is 10.7. The van der Waals surface area contributed by atoms with Crippen molar-refractivity contribution in [3.8, 4) is 11.8 Å². The first-order valence-electron chi connectivity index (χ1n) is 10.4. The van der Waals surface area contributed by atoms with Gasteiger partial charge >= 0.3 is 5.97 Å². The summed E-state index contributed by atoms with van der Waals surface area (Å²) in [6.45, 7) is -0.300. The van der Waals surface area contributed by atoms with E-state index in [4.69, 9.17) is 16.3 Å². The number of halogens is 2. The van der Waals surface area contributed by atoms with Crippen molar-refractivity contribution in [1.82, 2.24) is 0 Å². The number of ether oxygens (including phenoxy) is 2. The highest BCUT2D eigenvalue weighted by Crippen LogP contribution is 2.26. The van der Waals surface area contributed by atoms with Crippen LogP contribution in [-0.2, 0) is 14.3 Å². The highest BCUT2D eigenvalue weighted by molar-refractivity contribution is 9.10. The number of amides is 2. The van der Waals surface area contributed by atoms with Gasteiger partial charge in [-0.1, -0.05) is 27.5 Å². The molecule has 10 heteroatoms.